The van der Waals surface area contributed by atoms with Crippen molar-refractivity contribution in [2.45, 2.75) is 26.9 Å². The zero-order chi connectivity index (χ0) is 14.4. The Morgan fingerprint density at radius 1 is 1.45 bits per heavy atom. The van der Waals surface area contributed by atoms with E-state index in [1.54, 1.807) is 6.20 Å². The van der Waals surface area contributed by atoms with Crippen molar-refractivity contribution in [1.29, 1.82) is 0 Å². The van der Waals surface area contributed by atoms with E-state index in [1.807, 2.05) is 15.7 Å². The third kappa shape index (κ3) is 4.31. The molecule has 0 bridgehead atoms. The number of imidazole rings is 1. The lowest BCUT2D eigenvalue weighted by atomic mass is 10.2. The molecule has 0 atom stereocenters. The summed E-state index contributed by atoms with van der Waals surface area (Å²) in [5.74, 6) is 1.65. The van der Waals surface area contributed by atoms with Crippen LogP contribution in [0.15, 0.2) is 12.4 Å². The molecule has 0 aliphatic carbocycles. The van der Waals surface area contributed by atoms with Gasteiger partial charge in [0.2, 0.25) is 5.91 Å². The maximum Gasteiger partial charge on any atom is 0.242 e. The highest BCUT2D eigenvalue weighted by Crippen LogP contribution is 2.03. The number of morpholine rings is 1. The summed E-state index contributed by atoms with van der Waals surface area (Å²) in [5, 5.41) is 3.35. The number of hydrogen-bond donors (Lipinski definition) is 1. The van der Waals surface area contributed by atoms with Gasteiger partial charge >= 0.3 is 0 Å². The van der Waals surface area contributed by atoms with E-state index in [9.17, 15) is 4.79 Å². The van der Waals surface area contributed by atoms with E-state index in [0.717, 1.165) is 12.4 Å². The zero-order valence-corrected chi connectivity index (χ0v) is 12.3. The smallest absolute Gasteiger partial charge is 0.242 e. The predicted octanol–water partition coefficient (Wildman–Crippen LogP) is 0.488. The molecular weight excluding hydrogens is 256 g/mol. The van der Waals surface area contributed by atoms with Crippen LogP contribution in [0.3, 0.4) is 0 Å². The normalized spacial score (nSPS) is 15.8. The first-order valence-corrected chi connectivity index (χ1v) is 7.23. The topological polar surface area (TPSA) is 59.4 Å². The summed E-state index contributed by atoms with van der Waals surface area (Å²) in [6.07, 6.45) is 3.61. The zero-order valence-electron chi connectivity index (χ0n) is 12.3. The fourth-order valence-corrected chi connectivity index (χ4v) is 2.18. The molecule has 20 heavy (non-hydrogen) atoms. The van der Waals surface area contributed by atoms with Crippen molar-refractivity contribution >= 4 is 5.91 Å². The molecule has 1 aromatic rings. The highest BCUT2D eigenvalue weighted by molar-refractivity contribution is 5.76. The number of hydrogen-bond acceptors (Lipinski definition) is 4. The lowest BCUT2D eigenvalue weighted by molar-refractivity contribution is -0.135. The molecule has 0 unspecified atom stereocenters. The molecule has 1 aliphatic rings. The third-order valence-corrected chi connectivity index (χ3v) is 3.31. The van der Waals surface area contributed by atoms with Crippen LogP contribution in [0.25, 0.3) is 0 Å². The van der Waals surface area contributed by atoms with Crippen molar-refractivity contribution in [2.75, 3.05) is 32.8 Å². The second-order valence-electron chi connectivity index (χ2n) is 5.49. The summed E-state index contributed by atoms with van der Waals surface area (Å²) in [4.78, 5) is 18.4. The van der Waals surface area contributed by atoms with Crippen LogP contribution in [0, 0.1) is 5.92 Å². The monoisotopic (exact) mass is 280 g/mol. The van der Waals surface area contributed by atoms with Crippen molar-refractivity contribution in [3.05, 3.63) is 18.2 Å². The second kappa shape index (κ2) is 7.40. The van der Waals surface area contributed by atoms with E-state index >= 15 is 0 Å². The first kappa shape index (κ1) is 15.0. The van der Waals surface area contributed by atoms with Gasteiger partial charge in [-0.2, -0.15) is 0 Å². The number of aromatic nitrogens is 2. The van der Waals surface area contributed by atoms with Crippen molar-refractivity contribution in [3.8, 4) is 0 Å². The van der Waals surface area contributed by atoms with Crippen LogP contribution in [0.4, 0.5) is 0 Å². The molecule has 6 heteroatoms. The number of carbonyl (C=O) groups excluding carboxylic acids is 1. The van der Waals surface area contributed by atoms with Crippen LogP contribution in [0.1, 0.15) is 19.7 Å². The Morgan fingerprint density at radius 2 is 2.20 bits per heavy atom. The van der Waals surface area contributed by atoms with E-state index in [4.69, 9.17) is 4.74 Å². The minimum absolute atomic E-state index is 0.136. The lowest BCUT2D eigenvalue weighted by Gasteiger charge is -2.27. The van der Waals surface area contributed by atoms with Crippen LogP contribution in [-0.4, -0.2) is 53.2 Å². The average Bonchev–Trinajstić information content (AvgIpc) is 2.87. The molecule has 2 heterocycles. The summed E-state index contributed by atoms with van der Waals surface area (Å²) in [5.41, 5.74) is 0. The predicted molar refractivity (Wildman–Crippen MR) is 76.2 cm³/mol. The van der Waals surface area contributed by atoms with Gasteiger partial charge in [0, 0.05) is 25.5 Å². The Labute approximate surface area is 120 Å². The number of amides is 1. The first-order valence-electron chi connectivity index (χ1n) is 7.23. The molecule has 0 aromatic carbocycles. The highest BCUT2D eigenvalue weighted by atomic mass is 16.5. The van der Waals surface area contributed by atoms with Crippen molar-refractivity contribution in [1.82, 2.24) is 19.8 Å². The molecule has 0 spiro atoms. The molecule has 6 nitrogen and oxygen atoms in total. The average molecular weight is 280 g/mol. The van der Waals surface area contributed by atoms with Gasteiger partial charge in [-0.1, -0.05) is 13.8 Å². The van der Waals surface area contributed by atoms with Crippen molar-refractivity contribution in [3.63, 3.8) is 0 Å². The molecule has 1 N–H and O–H groups in total. The van der Waals surface area contributed by atoms with Gasteiger partial charge in [-0.05, 0) is 12.5 Å². The lowest BCUT2D eigenvalue weighted by Crippen LogP contribution is -2.42. The van der Waals surface area contributed by atoms with Gasteiger partial charge in [0.1, 0.15) is 12.4 Å². The Hall–Kier alpha value is -1.40. The molecule has 112 valence electrons. The Kier molecular flexibility index (Phi) is 5.55. The van der Waals surface area contributed by atoms with Crippen LogP contribution < -0.4 is 5.32 Å². The maximum absolute atomic E-state index is 12.2. The van der Waals surface area contributed by atoms with Gasteiger partial charge in [-0.3, -0.25) is 4.79 Å². The quantitative estimate of drug-likeness (QED) is 0.824. The van der Waals surface area contributed by atoms with Gasteiger partial charge in [-0.25, -0.2) is 4.98 Å². The van der Waals surface area contributed by atoms with E-state index in [1.165, 1.54) is 0 Å². The Morgan fingerprint density at radius 3 is 2.90 bits per heavy atom. The molecule has 1 aromatic heterocycles. The fraction of sp³-hybridized carbons (Fsp3) is 0.714. The maximum atomic E-state index is 12.2. The SMILES string of the molecule is CC(C)CNCc1nccn1CC(=O)N1CCOCC1. The van der Waals surface area contributed by atoms with Crippen LogP contribution in [0.2, 0.25) is 0 Å². The van der Waals surface area contributed by atoms with Crippen molar-refractivity contribution < 1.29 is 9.53 Å². The van der Waals surface area contributed by atoms with Crippen molar-refractivity contribution in [2.24, 2.45) is 5.92 Å². The molecule has 0 saturated carbocycles. The van der Waals surface area contributed by atoms with Crippen LogP contribution in [0.5, 0.6) is 0 Å². The Balaban J connectivity index is 1.85. The standard InChI is InChI=1S/C14H24N4O2/c1-12(2)9-15-10-13-16-3-4-18(13)11-14(19)17-5-7-20-8-6-17/h3-4,12,15H,5-11H2,1-2H3. The van der Waals surface area contributed by atoms with Crippen LogP contribution in [-0.2, 0) is 22.6 Å². The fourth-order valence-electron chi connectivity index (χ4n) is 2.18. The Bertz CT molecular complexity index is 425. The van der Waals surface area contributed by atoms with Gasteiger partial charge in [-0.15, -0.1) is 0 Å². The largest absolute Gasteiger partial charge is 0.378 e. The van der Waals surface area contributed by atoms with E-state index in [-0.39, 0.29) is 5.91 Å². The van der Waals surface area contributed by atoms with E-state index in [2.05, 4.69) is 24.1 Å². The first-order chi connectivity index (χ1) is 9.66. The number of ether oxygens (including phenoxy) is 1. The van der Waals surface area contributed by atoms with Gasteiger partial charge in [0.15, 0.2) is 0 Å². The molecule has 0 radical (unpaired) electrons. The molecule has 1 aliphatic heterocycles. The highest BCUT2D eigenvalue weighted by Gasteiger charge is 2.17. The van der Waals surface area contributed by atoms with E-state index < -0.39 is 0 Å². The number of nitrogens with one attached hydrogen (secondary N) is 1. The summed E-state index contributed by atoms with van der Waals surface area (Å²) >= 11 is 0. The third-order valence-electron chi connectivity index (χ3n) is 3.31. The summed E-state index contributed by atoms with van der Waals surface area (Å²) in [7, 11) is 0. The molecule has 2 rings (SSSR count). The summed E-state index contributed by atoms with van der Waals surface area (Å²) in [6, 6.07) is 0. The number of rotatable bonds is 6. The summed E-state index contributed by atoms with van der Waals surface area (Å²) < 4.78 is 7.18. The second-order valence-corrected chi connectivity index (χ2v) is 5.49. The molecule has 1 amide bonds. The van der Waals surface area contributed by atoms with Gasteiger partial charge < -0.3 is 19.5 Å². The van der Waals surface area contributed by atoms with E-state index in [0.29, 0.717) is 45.3 Å². The van der Waals surface area contributed by atoms with Gasteiger partial charge in [0.25, 0.3) is 0 Å². The van der Waals surface area contributed by atoms with Crippen LogP contribution >= 0.6 is 0 Å². The van der Waals surface area contributed by atoms with Gasteiger partial charge in [0.05, 0.1) is 19.8 Å². The molecular formula is C14H24N4O2. The molecule has 1 saturated heterocycles. The number of nitrogens with zero attached hydrogens (tertiary/aromatic N) is 3. The number of carbonyl (C=O) groups is 1. The molecule has 1 fully saturated rings. The summed E-state index contributed by atoms with van der Waals surface area (Å²) in [6.45, 7) is 8.99. The minimum atomic E-state index is 0.136. The minimum Gasteiger partial charge on any atom is -0.378 e.